The number of hydrogen-bond donors (Lipinski definition) is 1. The Morgan fingerprint density at radius 3 is 2.65 bits per heavy atom. The van der Waals surface area contributed by atoms with Crippen molar-refractivity contribution in [3.05, 3.63) is 43.5 Å². The highest BCUT2D eigenvalue weighted by Gasteiger charge is 2.16. The van der Waals surface area contributed by atoms with Crippen molar-refractivity contribution < 1.29 is 4.79 Å². The smallest absolute Gasteiger partial charge is 0.259 e. The Labute approximate surface area is 137 Å². The Hall–Kier alpha value is -0.850. The quantitative estimate of drug-likeness (QED) is 0.646. The van der Waals surface area contributed by atoms with E-state index in [2.05, 4.69) is 10.3 Å². The summed E-state index contributed by atoms with van der Waals surface area (Å²) in [4.78, 5) is 16.4. The maximum atomic E-state index is 12.1. The van der Waals surface area contributed by atoms with Gasteiger partial charge in [-0.15, -0.1) is 11.3 Å². The molecule has 3 nitrogen and oxygen atoms in total. The molecule has 2 aromatic heterocycles. The number of nitrogens with one attached hydrogen (secondary N) is 1. The highest BCUT2D eigenvalue weighted by molar-refractivity contribution is 7.22. The molecule has 0 bridgehead atoms. The van der Waals surface area contributed by atoms with Crippen LogP contribution in [0.3, 0.4) is 0 Å². The van der Waals surface area contributed by atoms with Crippen molar-refractivity contribution in [3.8, 4) is 0 Å². The second kappa shape index (κ2) is 5.50. The maximum Gasteiger partial charge on any atom is 0.259 e. The molecule has 0 radical (unpaired) electrons. The van der Waals surface area contributed by atoms with E-state index in [0.29, 0.717) is 29.9 Å². The third kappa shape index (κ3) is 2.64. The van der Waals surface area contributed by atoms with Gasteiger partial charge in [0.05, 0.1) is 19.6 Å². The van der Waals surface area contributed by atoms with Gasteiger partial charge in [-0.25, -0.2) is 4.98 Å². The molecule has 20 heavy (non-hydrogen) atoms. The molecule has 3 aromatic rings. The molecule has 102 valence electrons. The molecule has 2 heterocycles. The number of thiophene rings is 1. The highest BCUT2D eigenvalue weighted by Crippen LogP contribution is 2.33. The van der Waals surface area contributed by atoms with Crippen molar-refractivity contribution in [2.45, 2.75) is 0 Å². The molecule has 0 saturated carbocycles. The van der Waals surface area contributed by atoms with Crippen LogP contribution >= 0.6 is 57.5 Å². The summed E-state index contributed by atoms with van der Waals surface area (Å²) in [5.41, 5.74) is 1.01. The number of benzene rings is 1. The second-order valence-electron chi connectivity index (χ2n) is 3.80. The maximum absolute atomic E-state index is 12.1. The normalized spacial score (nSPS) is 10.9. The number of hydrogen-bond acceptors (Lipinski definition) is 4. The number of carbonyl (C=O) groups excluding carboxylic acids is 1. The fourth-order valence-corrected chi connectivity index (χ4v) is 4.25. The summed E-state index contributed by atoms with van der Waals surface area (Å²) in [6.45, 7) is 0. The molecule has 0 aliphatic rings. The van der Waals surface area contributed by atoms with E-state index in [0.717, 1.165) is 16.0 Å². The van der Waals surface area contributed by atoms with Crippen LogP contribution in [0.15, 0.2) is 24.3 Å². The molecular weight excluding hydrogens is 359 g/mol. The SMILES string of the molecule is O=C(Nc1nc2c(Cl)cccc2s1)c1cc(Cl)sc1Cl. The second-order valence-corrected chi connectivity index (χ2v) is 7.52. The molecule has 3 rings (SSSR count). The van der Waals surface area contributed by atoms with Gasteiger partial charge in [0, 0.05) is 0 Å². The zero-order chi connectivity index (χ0) is 14.3. The summed E-state index contributed by atoms with van der Waals surface area (Å²) >= 11 is 20.3. The topological polar surface area (TPSA) is 42.0 Å². The predicted octanol–water partition coefficient (Wildman–Crippen LogP) is 5.57. The van der Waals surface area contributed by atoms with E-state index in [-0.39, 0.29) is 5.91 Å². The number of nitrogens with zero attached hydrogens (tertiary/aromatic N) is 1. The van der Waals surface area contributed by atoms with Gasteiger partial charge in [0.1, 0.15) is 9.85 Å². The minimum absolute atomic E-state index is 0.340. The number of carbonyl (C=O) groups is 1. The van der Waals surface area contributed by atoms with Crippen molar-refractivity contribution in [2.75, 3.05) is 5.32 Å². The Morgan fingerprint density at radius 1 is 1.20 bits per heavy atom. The molecule has 0 aliphatic carbocycles. The zero-order valence-electron chi connectivity index (χ0n) is 9.62. The van der Waals surface area contributed by atoms with Crippen LogP contribution in [-0.4, -0.2) is 10.9 Å². The number of halogens is 3. The van der Waals surface area contributed by atoms with E-state index >= 15 is 0 Å². The van der Waals surface area contributed by atoms with Gasteiger partial charge in [0.25, 0.3) is 5.91 Å². The number of fused-ring (bicyclic) bond motifs is 1. The number of aromatic nitrogens is 1. The first-order chi connectivity index (χ1) is 9.54. The van der Waals surface area contributed by atoms with E-state index < -0.39 is 0 Å². The van der Waals surface area contributed by atoms with Gasteiger partial charge in [-0.05, 0) is 18.2 Å². The number of amides is 1. The van der Waals surface area contributed by atoms with Crippen molar-refractivity contribution in [1.82, 2.24) is 4.98 Å². The van der Waals surface area contributed by atoms with Crippen LogP contribution < -0.4 is 5.32 Å². The van der Waals surface area contributed by atoms with Crippen LogP contribution in [0.1, 0.15) is 10.4 Å². The van der Waals surface area contributed by atoms with E-state index in [1.165, 1.54) is 17.4 Å². The predicted molar refractivity (Wildman–Crippen MR) is 86.9 cm³/mol. The fraction of sp³-hybridized carbons (Fsp3) is 0. The lowest BCUT2D eigenvalue weighted by atomic mass is 10.3. The van der Waals surface area contributed by atoms with Crippen LogP contribution in [0.25, 0.3) is 10.2 Å². The minimum atomic E-state index is -0.340. The average Bonchev–Trinajstić information content (AvgIpc) is 2.93. The van der Waals surface area contributed by atoms with Crippen molar-refractivity contribution >= 4 is 78.7 Å². The standard InChI is InChI=1S/C12H5Cl3N2OS2/c13-6-2-1-3-7-9(6)16-12(19-7)17-11(18)5-4-8(14)20-10(5)15/h1-4H,(H,16,17,18). The molecule has 1 amide bonds. The minimum Gasteiger partial charge on any atom is -0.298 e. The first kappa shape index (κ1) is 14.1. The molecule has 0 spiro atoms. The molecule has 0 saturated heterocycles. The van der Waals surface area contributed by atoms with Crippen LogP contribution in [0, 0.1) is 0 Å². The lowest BCUT2D eigenvalue weighted by Crippen LogP contribution is -2.10. The highest BCUT2D eigenvalue weighted by atomic mass is 35.5. The lowest BCUT2D eigenvalue weighted by molar-refractivity contribution is 0.102. The van der Waals surface area contributed by atoms with Gasteiger partial charge in [-0.2, -0.15) is 0 Å². The van der Waals surface area contributed by atoms with Crippen LogP contribution in [0.5, 0.6) is 0 Å². The average molecular weight is 364 g/mol. The van der Waals surface area contributed by atoms with E-state index in [1.54, 1.807) is 6.07 Å². The fourth-order valence-electron chi connectivity index (χ4n) is 1.63. The van der Waals surface area contributed by atoms with E-state index in [1.807, 2.05) is 12.1 Å². The molecular formula is C12H5Cl3N2OS2. The molecule has 1 N–H and O–H groups in total. The Kier molecular flexibility index (Phi) is 3.88. The molecule has 0 aliphatic heterocycles. The summed E-state index contributed by atoms with van der Waals surface area (Å²) in [5.74, 6) is -0.340. The van der Waals surface area contributed by atoms with Gasteiger partial charge < -0.3 is 0 Å². The van der Waals surface area contributed by atoms with Gasteiger partial charge in [0.15, 0.2) is 5.13 Å². The van der Waals surface area contributed by atoms with E-state index in [4.69, 9.17) is 34.8 Å². The number of para-hydroxylation sites is 1. The molecule has 1 aromatic carbocycles. The molecule has 0 fully saturated rings. The summed E-state index contributed by atoms with van der Waals surface area (Å²) in [6, 6.07) is 7.02. The van der Waals surface area contributed by atoms with Crippen molar-refractivity contribution in [1.29, 1.82) is 0 Å². The van der Waals surface area contributed by atoms with Gasteiger partial charge in [-0.1, -0.05) is 52.2 Å². The third-order valence-electron chi connectivity index (χ3n) is 2.49. The molecule has 0 atom stereocenters. The number of anilines is 1. The summed E-state index contributed by atoms with van der Waals surface area (Å²) in [6.07, 6.45) is 0. The lowest BCUT2D eigenvalue weighted by Gasteiger charge is -1.98. The third-order valence-corrected chi connectivity index (χ3v) is 5.22. The Bertz CT molecular complexity index is 812. The van der Waals surface area contributed by atoms with Gasteiger partial charge in [0.2, 0.25) is 0 Å². The Morgan fingerprint density at radius 2 is 2.00 bits per heavy atom. The zero-order valence-corrected chi connectivity index (χ0v) is 13.5. The number of rotatable bonds is 2. The largest absolute Gasteiger partial charge is 0.298 e. The summed E-state index contributed by atoms with van der Waals surface area (Å²) < 4.78 is 1.72. The monoisotopic (exact) mass is 362 g/mol. The summed E-state index contributed by atoms with van der Waals surface area (Å²) in [7, 11) is 0. The molecule has 0 unspecified atom stereocenters. The van der Waals surface area contributed by atoms with Crippen LogP contribution in [-0.2, 0) is 0 Å². The van der Waals surface area contributed by atoms with E-state index in [9.17, 15) is 4.79 Å². The Balaban J connectivity index is 1.91. The van der Waals surface area contributed by atoms with Gasteiger partial charge in [-0.3, -0.25) is 10.1 Å². The van der Waals surface area contributed by atoms with Crippen molar-refractivity contribution in [3.63, 3.8) is 0 Å². The summed E-state index contributed by atoms with van der Waals surface area (Å²) in [5, 5.41) is 3.72. The van der Waals surface area contributed by atoms with Crippen LogP contribution in [0.2, 0.25) is 13.7 Å². The first-order valence-corrected chi connectivity index (χ1v) is 8.12. The first-order valence-electron chi connectivity index (χ1n) is 5.36. The van der Waals surface area contributed by atoms with Crippen LogP contribution in [0.4, 0.5) is 5.13 Å². The van der Waals surface area contributed by atoms with Gasteiger partial charge >= 0.3 is 0 Å². The van der Waals surface area contributed by atoms with Crippen molar-refractivity contribution in [2.24, 2.45) is 0 Å². The molecule has 8 heteroatoms. The number of thiazole rings is 1.